The minimum Gasteiger partial charge on any atom is -0.336 e. The summed E-state index contributed by atoms with van der Waals surface area (Å²) in [6.07, 6.45) is 1.86. The van der Waals surface area contributed by atoms with Gasteiger partial charge in [0.05, 0.1) is 0 Å². The molecule has 0 unspecified atom stereocenters. The third-order valence-electron chi connectivity index (χ3n) is 2.89. The van der Waals surface area contributed by atoms with Gasteiger partial charge in [0.2, 0.25) is 0 Å². The number of nitrogens with zero attached hydrogens (tertiary/aromatic N) is 3. The van der Waals surface area contributed by atoms with Crippen molar-refractivity contribution in [2.45, 2.75) is 18.6 Å². The maximum absolute atomic E-state index is 13.2. The maximum atomic E-state index is 13.2. The summed E-state index contributed by atoms with van der Waals surface area (Å²) in [7, 11) is 1.67. The summed E-state index contributed by atoms with van der Waals surface area (Å²) in [6, 6.07) is 7.87. The highest BCUT2D eigenvalue weighted by Crippen LogP contribution is 2.13. The zero-order valence-corrected chi connectivity index (χ0v) is 12.9. The quantitative estimate of drug-likeness (QED) is 0.643. The topological polar surface area (TPSA) is 46.1 Å². The Balaban J connectivity index is 2.17. The molecule has 0 aliphatic carbocycles. The lowest BCUT2D eigenvalue weighted by atomic mass is 10.2. The lowest BCUT2D eigenvalue weighted by Crippen LogP contribution is -2.27. The summed E-state index contributed by atoms with van der Waals surface area (Å²) >= 11 is 1.39. The molecule has 0 saturated carbocycles. The molecule has 0 bridgehead atoms. The number of hydrogen-bond acceptors (Lipinski definition) is 4. The fraction of sp³-hybridized carbons (Fsp3) is 0.267. The summed E-state index contributed by atoms with van der Waals surface area (Å²) in [4.78, 5) is 22.3. The molecule has 0 spiro atoms. The number of halogens is 1. The van der Waals surface area contributed by atoms with Crippen LogP contribution in [0.3, 0.4) is 0 Å². The van der Waals surface area contributed by atoms with Crippen molar-refractivity contribution in [3.05, 3.63) is 53.1 Å². The molecule has 1 amide bonds. The number of amides is 1. The van der Waals surface area contributed by atoms with Gasteiger partial charge in [-0.1, -0.05) is 23.9 Å². The van der Waals surface area contributed by atoms with E-state index >= 15 is 0 Å². The number of aryl methyl sites for hydroxylation is 1. The number of aromatic nitrogens is 2. The largest absolute Gasteiger partial charge is 0.336 e. The Labute approximate surface area is 127 Å². The smallest absolute Gasteiger partial charge is 0.272 e. The predicted octanol–water partition coefficient (Wildman–Crippen LogP) is 2.92. The van der Waals surface area contributed by atoms with E-state index < -0.39 is 0 Å². The zero-order valence-electron chi connectivity index (χ0n) is 12.1. The monoisotopic (exact) mass is 305 g/mol. The number of carbonyl (C=O) groups is 1. The van der Waals surface area contributed by atoms with Crippen LogP contribution in [0.1, 0.15) is 21.7 Å². The Hall–Kier alpha value is -1.95. The van der Waals surface area contributed by atoms with Crippen LogP contribution in [0.25, 0.3) is 0 Å². The molecule has 0 fully saturated rings. The van der Waals surface area contributed by atoms with Crippen LogP contribution in [0.5, 0.6) is 0 Å². The highest BCUT2D eigenvalue weighted by molar-refractivity contribution is 7.98. The standard InChI is InChI=1S/C15H16FN3OS/c1-10-7-13(18-15(17-10)21-3)14(20)19(2)9-11-5-4-6-12(16)8-11/h4-8H,9H2,1-3H3. The van der Waals surface area contributed by atoms with Gasteiger partial charge in [-0.3, -0.25) is 4.79 Å². The van der Waals surface area contributed by atoms with E-state index in [-0.39, 0.29) is 11.7 Å². The Morgan fingerprint density at radius 3 is 2.76 bits per heavy atom. The van der Waals surface area contributed by atoms with Crippen molar-refractivity contribution < 1.29 is 9.18 Å². The number of thioether (sulfide) groups is 1. The van der Waals surface area contributed by atoms with Crippen molar-refractivity contribution in [2.75, 3.05) is 13.3 Å². The second-order valence-electron chi connectivity index (χ2n) is 4.67. The summed E-state index contributed by atoms with van der Waals surface area (Å²) in [6.45, 7) is 2.15. The molecule has 4 nitrogen and oxygen atoms in total. The highest BCUT2D eigenvalue weighted by Gasteiger charge is 2.15. The van der Waals surface area contributed by atoms with E-state index in [1.807, 2.05) is 13.2 Å². The molecule has 1 heterocycles. The van der Waals surface area contributed by atoms with E-state index in [2.05, 4.69) is 9.97 Å². The third-order valence-corrected chi connectivity index (χ3v) is 3.44. The molecule has 0 saturated heterocycles. The molecule has 0 aliphatic rings. The van der Waals surface area contributed by atoms with Crippen LogP contribution in [0, 0.1) is 12.7 Å². The van der Waals surface area contributed by atoms with Gasteiger partial charge in [-0.2, -0.15) is 0 Å². The number of benzene rings is 1. The van der Waals surface area contributed by atoms with E-state index in [9.17, 15) is 9.18 Å². The van der Waals surface area contributed by atoms with Crippen molar-refractivity contribution in [2.24, 2.45) is 0 Å². The first-order valence-corrected chi connectivity index (χ1v) is 7.61. The van der Waals surface area contributed by atoms with Crippen LogP contribution >= 0.6 is 11.8 Å². The van der Waals surface area contributed by atoms with Crippen molar-refractivity contribution in [3.63, 3.8) is 0 Å². The maximum Gasteiger partial charge on any atom is 0.272 e. The third kappa shape index (κ3) is 4.01. The van der Waals surface area contributed by atoms with Crippen molar-refractivity contribution >= 4 is 17.7 Å². The Bertz CT molecular complexity index is 663. The van der Waals surface area contributed by atoms with Crippen LogP contribution in [-0.4, -0.2) is 34.1 Å². The van der Waals surface area contributed by atoms with Gasteiger partial charge in [-0.15, -0.1) is 0 Å². The number of rotatable bonds is 4. The Morgan fingerprint density at radius 2 is 2.10 bits per heavy atom. The Morgan fingerprint density at radius 1 is 1.33 bits per heavy atom. The second kappa shape index (κ2) is 6.67. The van der Waals surface area contributed by atoms with Gasteiger partial charge in [0, 0.05) is 19.3 Å². The van der Waals surface area contributed by atoms with Crippen LogP contribution in [0.15, 0.2) is 35.5 Å². The average Bonchev–Trinajstić information content (AvgIpc) is 2.45. The first kappa shape index (κ1) is 15.4. The summed E-state index contributed by atoms with van der Waals surface area (Å²) < 4.78 is 13.2. The van der Waals surface area contributed by atoms with E-state index in [1.165, 1.54) is 28.8 Å². The predicted molar refractivity (Wildman–Crippen MR) is 80.7 cm³/mol. The lowest BCUT2D eigenvalue weighted by Gasteiger charge is -2.17. The van der Waals surface area contributed by atoms with Gasteiger partial charge in [0.15, 0.2) is 5.16 Å². The Kier molecular flexibility index (Phi) is 4.90. The van der Waals surface area contributed by atoms with Gasteiger partial charge in [0.1, 0.15) is 11.5 Å². The molecule has 6 heteroatoms. The van der Waals surface area contributed by atoms with Crippen molar-refractivity contribution in [1.29, 1.82) is 0 Å². The van der Waals surface area contributed by atoms with Crippen molar-refractivity contribution in [3.8, 4) is 0 Å². The van der Waals surface area contributed by atoms with Crippen LogP contribution < -0.4 is 0 Å². The molecule has 0 radical (unpaired) electrons. The first-order valence-electron chi connectivity index (χ1n) is 6.39. The zero-order chi connectivity index (χ0) is 15.4. The lowest BCUT2D eigenvalue weighted by molar-refractivity contribution is 0.0778. The molecule has 0 N–H and O–H groups in total. The number of carbonyl (C=O) groups excluding carboxylic acids is 1. The van der Waals surface area contributed by atoms with Gasteiger partial charge >= 0.3 is 0 Å². The molecular formula is C15H16FN3OS. The SMILES string of the molecule is CSc1nc(C)cc(C(=O)N(C)Cc2cccc(F)c2)n1. The summed E-state index contributed by atoms with van der Waals surface area (Å²) in [5, 5.41) is 0.567. The normalized spacial score (nSPS) is 10.5. The molecule has 2 rings (SSSR count). The van der Waals surface area contributed by atoms with E-state index in [0.717, 1.165) is 11.3 Å². The molecule has 2 aromatic rings. The molecule has 21 heavy (non-hydrogen) atoms. The minimum atomic E-state index is -0.309. The summed E-state index contributed by atoms with van der Waals surface area (Å²) in [5.41, 5.74) is 1.84. The van der Waals surface area contributed by atoms with Crippen molar-refractivity contribution in [1.82, 2.24) is 14.9 Å². The first-order chi connectivity index (χ1) is 9.99. The second-order valence-corrected chi connectivity index (χ2v) is 5.45. The molecule has 1 aromatic heterocycles. The molecule has 1 aromatic carbocycles. The van der Waals surface area contributed by atoms with Gasteiger partial charge < -0.3 is 4.90 Å². The highest BCUT2D eigenvalue weighted by atomic mass is 32.2. The molecule has 0 aliphatic heterocycles. The van der Waals surface area contributed by atoms with Crippen LogP contribution in [-0.2, 0) is 6.54 Å². The average molecular weight is 305 g/mol. The minimum absolute atomic E-state index is 0.208. The van der Waals surface area contributed by atoms with E-state index in [0.29, 0.717) is 17.4 Å². The molecule has 0 atom stereocenters. The molecular weight excluding hydrogens is 289 g/mol. The fourth-order valence-corrected chi connectivity index (χ4v) is 2.34. The summed E-state index contributed by atoms with van der Waals surface area (Å²) in [5.74, 6) is -0.518. The van der Waals surface area contributed by atoms with Crippen LogP contribution in [0.2, 0.25) is 0 Å². The van der Waals surface area contributed by atoms with Gasteiger partial charge in [-0.05, 0) is 36.9 Å². The van der Waals surface area contributed by atoms with E-state index in [4.69, 9.17) is 0 Å². The fourth-order valence-electron chi connectivity index (χ4n) is 1.92. The van der Waals surface area contributed by atoms with E-state index in [1.54, 1.807) is 25.2 Å². The number of hydrogen-bond donors (Lipinski definition) is 0. The van der Waals surface area contributed by atoms with Crippen LogP contribution in [0.4, 0.5) is 4.39 Å². The molecule has 110 valence electrons. The van der Waals surface area contributed by atoms with Gasteiger partial charge in [-0.25, -0.2) is 14.4 Å². The van der Waals surface area contributed by atoms with Gasteiger partial charge in [0.25, 0.3) is 5.91 Å².